The minimum absolute atomic E-state index is 0. The summed E-state index contributed by atoms with van der Waals surface area (Å²) in [5, 5.41) is 11.1. The van der Waals surface area contributed by atoms with Crippen LogP contribution in [0.5, 0.6) is 0 Å². The molecule has 3 heteroatoms. The van der Waals surface area contributed by atoms with E-state index in [1.165, 1.54) is 6.42 Å². The monoisotopic (exact) mass is 216 g/mol. The molecule has 0 aliphatic heterocycles. The van der Waals surface area contributed by atoms with Crippen LogP contribution < -0.4 is 22.1 Å². The SMILES string of the molecule is CC1([O-])CCCCC1.[Br-].[Mg+2]. The topological polar surface area (TPSA) is 23.1 Å². The van der Waals surface area contributed by atoms with Crippen molar-refractivity contribution in [1.29, 1.82) is 0 Å². The maximum absolute atomic E-state index is 11.1. The molecular weight excluding hydrogens is 204 g/mol. The smallest absolute Gasteiger partial charge is 1.00 e. The Balaban J connectivity index is 0. The van der Waals surface area contributed by atoms with Crippen molar-refractivity contribution in [3.63, 3.8) is 0 Å². The van der Waals surface area contributed by atoms with Gasteiger partial charge in [-0.1, -0.05) is 39.0 Å². The first-order chi connectivity index (χ1) is 3.71. The van der Waals surface area contributed by atoms with Crippen LogP contribution in [0.25, 0.3) is 0 Å². The Labute approximate surface area is 89.5 Å². The van der Waals surface area contributed by atoms with Gasteiger partial charge in [0.2, 0.25) is 0 Å². The molecule has 1 saturated carbocycles. The Kier molecular flexibility index (Phi) is 8.00. The van der Waals surface area contributed by atoms with E-state index in [9.17, 15) is 5.11 Å². The fourth-order valence-corrected chi connectivity index (χ4v) is 1.30. The molecule has 0 aromatic rings. The summed E-state index contributed by atoms with van der Waals surface area (Å²) in [5.41, 5.74) is -0.571. The number of hydrogen-bond acceptors (Lipinski definition) is 1. The molecule has 1 nitrogen and oxygen atoms in total. The van der Waals surface area contributed by atoms with Crippen LogP contribution in [-0.2, 0) is 0 Å². The second-order valence-electron chi connectivity index (χ2n) is 3.01. The minimum atomic E-state index is -0.571. The Bertz CT molecular complexity index is 77.7. The van der Waals surface area contributed by atoms with Crippen molar-refractivity contribution in [3.8, 4) is 0 Å². The van der Waals surface area contributed by atoms with Crippen molar-refractivity contribution in [2.24, 2.45) is 0 Å². The third-order valence-corrected chi connectivity index (χ3v) is 1.91. The first-order valence-electron chi connectivity index (χ1n) is 3.41. The van der Waals surface area contributed by atoms with Gasteiger partial charge < -0.3 is 22.1 Å². The predicted octanol–water partition coefficient (Wildman–Crippen LogP) is -2.31. The summed E-state index contributed by atoms with van der Waals surface area (Å²) < 4.78 is 0. The summed E-state index contributed by atoms with van der Waals surface area (Å²) in [7, 11) is 0. The maximum Gasteiger partial charge on any atom is 2.00 e. The van der Waals surface area contributed by atoms with Gasteiger partial charge in [0.25, 0.3) is 0 Å². The number of rotatable bonds is 0. The molecule has 0 unspecified atom stereocenters. The van der Waals surface area contributed by atoms with E-state index in [2.05, 4.69) is 0 Å². The van der Waals surface area contributed by atoms with Gasteiger partial charge in [0.15, 0.2) is 0 Å². The van der Waals surface area contributed by atoms with Crippen molar-refractivity contribution in [3.05, 3.63) is 0 Å². The van der Waals surface area contributed by atoms with Crippen LogP contribution in [0.4, 0.5) is 0 Å². The van der Waals surface area contributed by atoms with Gasteiger partial charge in [-0.3, -0.25) is 0 Å². The van der Waals surface area contributed by atoms with E-state index in [1.54, 1.807) is 0 Å². The first-order valence-corrected chi connectivity index (χ1v) is 3.41. The average molecular weight is 217 g/mol. The van der Waals surface area contributed by atoms with Gasteiger partial charge in [0, 0.05) is 0 Å². The molecule has 1 rings (SSSR count). The molecule has 0 bridgehead atoms. The van der Waals surface area contributed by atoms with Gasteiger partial charge in [-0.2, -0.15) is 0 Å². The second kappa shape index (κ2) is 5.81. The Morgan fingerprint density at radius 2 is 1.50 bits per heavy atom. The summed E-state index contributed by atoms with van der Waals surface area (Å²) >= 11 is 0. The van der Waals surface area contributed by atoms with Gasteiger partial charge in [-0.25, -0.2) is 0 Å². The van der Waals surface area contributed by atoms with Gasteiger partial charge in [-0.15, -0.1) is 5.60 Å². The maximum atomic E-state index is 11.1. The molecule has 1 fully saturated rings. The third-order valence-electron chi connectivity index (χ3n) is 1.91. The molecule has 10 heavy (non-hydrogen) atoms. The molecule has 0 saturated heterocycles. The first kappa shape index (κ1) is 13.8. The van der Waals surface area contributed by atoms with E-state index in [1.807, 2.05) is 6.92 Å². The molecular formula is C7H13BrMgO. The number of hydrogen-bond donors (Lipinski definition) is 0. The van der Waals surface area contributed by atoms with E-state index in [0.717, 1.165) is 25.7 Å². The number of halogens is 1. The summed E-state index contributed by atoms with van der Waals surface area (Å²) in [6, 6.07) is 0. The molecule has 0 heterocycles. The van der Waals surface area contributed by atoms with Crippen molar-refractivity contribution in [1.82, 2.24) is 0 Å². The summed E-state index contributed by atoms with van der Waals surface area (Å²) in [4.78, 5) is 0. The third kappa shape index (κ3) is 4.94. The molecule has 0 radical (unpaired) electrons. The van der Waals surface area contributed by atoms with Crippen LogP contribution in [0.2, 0.25) is 0 Å². The molecule has 0 spiro atoms. The molecule has 1 aliphatic carbocycles. The van der Waals surface area contributed by atoms with Crippen LogP contribution in [0.3, 0.4) is 0 Å². The molecule has 1 aliphatic rings. The van der Waals surface area contributed by atoms with Gasteiger partial charge in [0.05, 0.1) is 0 Å². The Morgan fingerprint density at radius 3 is 1.70 bits per heavy atom. The molecule has 0 N–H and O–H groups in total. The second-order valence-corrected chi connectivity index (χ2v) is 3.01. The minimum Gasteiger partial charge on any atom is -1.00 e. The van der Waals surface area contributed by atoms with E-state index in [4.69, 9.17) is 0 Å². The zero-order valence-corrected chi connectivity index (χ0v) is 9.53. The standard InChI is InChI=1S/C7H13O.BrH.Mg/c1-7(8)5-3-2-4-6-7;;/h2-6H2,1H3;1H;/q-1;;+2/p-1. The van der Waals surface area contributed by atoms with Gasteiger partial charge in [-0.05, 0) is 0 Å². The van der Waals surface area contributed by atoms with Crippen molar-refractivity contribution >= 4 is 23.1 Å². The van der Waals surface area contributed by atoms with E-state index < -0.39 is 5.60 Å². The summed E-state index contributed by atoms with van der Waals surface area (Å²) in [6.07, 6.45) is 5.37. The van der Waals surface area contributed by atoms with Crippen LogP contribution in [-0.4, -0.2) is 28.7 Å². The molecule has 0 amide bonds. The van der Waals surface area contributed by atoms with Crippen LogP contribution >= 0.6 is 0 Å². The normalized spacial score (nSPS) is 22.2. The Morgan fingerprint density at radius 1 is 1.10 bits per heavy atom. The summed E-state index contributed by atoms with van der Waals surface area (Å²) in [5.74, 6) is 0. The van der Waals surface area contributed by atoms with Crippen molar-refractivity contribution in [2.75, 3.05) is 0 Å². The average Bonchev–Trinajstić information content (AvgIpc) is 1.65. The zero-order chi connectivity index (χ0) is 6.04. The molecule has 56 valence electrons. The van der Waals surface area contributed by atoms with Crippen molar-refractivity contribution in [2.45, 2.75) is 44.6 Å². The zero-order valence-electron chi connectivity index (χ0n) is 6.53. The van der Waals surface area contributed by atoms with E-state index in [-0.39, 0.29) is 40.0 Å². The summed E-state index contributed by atoms with van der Waals surface area (Å²) in [6.45, 7) is 1.83. The van der Waals surface area contributed by atoms with E-state index >= 15 is 0 Å². The fourth-order valence-electron chi connectivity index (χ4n) is 1.30. The quantitative estimate of drug-likeness (QED) is 0.418. The fraction of sp³-hybridized carbons (Fsp3) is 1.00. The van der Waals surface area contributed by atoms with E-state index in [0.29, 0.717) is 0 Å². The molecule has 0 aromatic carbocycles. The molecule has 0 aromatic heterocycles. The van der Waals surface area contributed by atoms with Gasteiger partial charge >= 0.3 is 23.1 Å². The molecule has 0 atom stereocenters. The Hall–Kier alpha value is 1.21. The largest absolute Gasteiger partial charge is 2.00 e. The van der Waals surface area contributed by atoms with Crippen LogP contribution in [0.15, 0.2) is 0 Å². The predicted molar refractivity (Wildman–Crippen MR) is 37.2 cm³/mol. The van der Waals surface area contributed by atoms with Gasteiger partial charge in [0.1, 0.15) is 0 Å². The van der Waals surface area contributed by atoms with Crippen LogP contribution in [0, 0.1) is 0 Å². The van der Waals surface area contributed by atoms with Crippen molar-refractivity contribution < 1.29 is 22.1 Å². The van der Waals surface area contributed by atoms with Crippen LogP contribution in [0.1, 0.15) is 39.0 Å².